The van der Waals surface area contributed by atoms with Gasteiger partial charge in [-0.2, -0.15) is 0 Å². The normalized spacial score (nSPS) is 17.3. The number of rotatable bonds is 4. The van der Waals surface area contributed by atoms with Crippen LogP contribution in [0.4, 0.5) is 0 Å². The second-order valence-electron chi connectivity index (χ2n) is 1.70. The van der Waals surface area contributed by atoms with Crippen molar-refractivity contribution in [2.45, 2.75) is 19.9 Å². The molecule has 0 aromatic heterocycles. The molecule has 0 fully saturated rings. The standard InChI is InChI=1S/C5H14O3Si/c1-4-8-9(6,5-2)7-3/h6H,4-5H2,1-3H3. The zero-order valence-electron chi connectivity index (χ0n) is 6.18. The Morgan fingerprint density at radius 3 is 2.11 bits per heavy atom. The maximum Gasteiger partial charge on any atom is 0.497 e. The minimum atomic E-state index is -2.70. The molecule has 0 heterocycles. The minimum absolute atomic E-state index is 0.518. The molecule has 9 heavy (non-hydrogen) atoms. The molecule has 4 heteroatoms. The van der Waals surface area contributed by atoms with E-state index in [-0.39, 0.29) is 0 Å². The van der Waals surface area contributed by atoms with E-state index in [1.807, 2.05) is 13.8 Å². The second kappa shape index (κ2) is 4.00. The van der Waals surface area contributed by atoms with Gasteiger partial charge in [-0.1, -0.05) is 6.92 Å². The van der Waals surface area contributed by atoms with Gasteiger partial charge in [-0.3, -0.25) is 0 Å². The Bertz CT molecular complexity index is 72.6. The van der Waals surface area contributed by atoms with E-state index < -0.39 is 8.80 Å². The molecule has 3 nitrogen and oxygen atoms in total. The van der Waals surface area contributed by atoms with Crippen LogP contribution >= 0.6 is 0 Å². The molecule has 56 valence electrons. The summed E-state index contributed by atoms with van der Waals surface area (Å²) in [6, 6.07) is 0.581. The van der Waals surface area contributed by atoms with Crippen LogP contribution in [0.25, 0.3) is 0 Å². The number of hydrogen-bond acceptors (Lipinski definition) is 3. The molecule has 0 radical (unpaired) electrons. The first-order valence-electron chi connectivity index (χ1n) is 3.10. The van der Waals surface area contributed by atoms with Crippen molar-refractivity contribution in [3.05, 3.63) is 0 Å². The predicted molar refractivity (Wildman–Crippen MR) is 37.1 cm³/mol. The summed E-state index contributed by atoms with van der Waals surface area (Å²) in [5.41, 5.74) is 0. The first-order chi connectivity index (χ1) is 4.18. The Morgan fingerprint density at radius 2 is 2.00 bits per heavy atom. The van der Waals surface area contributed by atoms with Gasteiger partial charge in [0.1, 0.15) is 0 Å². The van der Waals surface area contributed by atoms with E-state index in [0.717, 1.165) is 0 Å². The van der Waals surface area contributed by atoms with Crippen LogP contribution < -0.4 is 0 Å². The highest BCUT2D eigenvalue weighted by molar-refractivity contribution is 6.59. The van der Waals surface area contributed by atoms with Crippen LogP contribution in [0.1, 0.15) is 13.8 Å². The van der Waals surface area contributed by atoms with Crippen molar-refractivity contribution in [3.8, 4) is 0 Å². The zero-order valence-corrected chi connectivity index (χ0v) is 7.18. The van der Waals surface area contributed by atoms with Crippen molar-refractivity contribution in [1.29, 1.82) is 0 Å². The first kappa shape index (κ1) is 9.10. The van der Waals surface area contributed by atoms with Gasteiger partial charge in [0.2, 0.25) is 0 Å². The maximum atomic E-state index is 9.32. The van der Waals surface area contributed by atoms with Crippen LogP contribution in [-0.2, 0) is 8.85 Å². The molecule has 0 aliphatic rings. The molecule has 0 amide bonds. The molecular formula is C5H14O3Si. The van der Waals surface area contributed by atoms with Crippen molar-refractivity contribution in [3.63, 3.8) is 0 Å². The summed E-state index contributed by atoms with van der Waals surface area (Å²) in [5, 5.41) is 0. The van der Waals surface area contributed by atoms with Crippen LogP contribution in [-0.4, -0.2) is 27.3 Å². The molecule has 1 atom stereocenters. The lowest BCUT2D eigenvalue weighted by Gasteiger charge is -2.18. The average Bonchev–Trinajstić information content (AvgIpc) is 1.89. The van der Waals surface area contributed by atoms with Crippen molar-refractivity contribution in [2.24, 2.45) is 0 Å². The van der Waals surface area contributed by atoms with E-state index in [4.69, 9.17) is 8.85 Å². The van der Waals surface area contributed by atoms with Gasteiger partial charge in [0.05, 0.1) is 0 Å². The highest BCUT2D eigenvalue weighted by Gasteiger charge is 2.31. The molecule has 0 aromatic carbocycles. The smallest absolute Gasteiger partial charge is 0.390 e. The molecule has 1 N–H and O–H groups in total. The SMILES string of the molecule is CCO[Si](O)(CC)OC. The van der Waals surface area contributed by atoms with Crippen LogP contribution in [0.2, 0.25) is 6.04 Å². The molecule has 0 aliphatic carbocycles. The highest BCUT2D eigenvalue weighted by atomic mass is 28.4. The fraction of sp³-hybridized carbons (Fsp3) is 1.00. The van der Waals surface area contributed by atoms with E-state index in [9.17, 15) is 4.80 Å². The molecule has 0 bridgehead atoms. The molecule has 0 saturated heterocycles. The molecule has 0 spiro atoms. The van der Waals surface area contributed by atoms with Gasteiger partial charge < -0.3 is 13.6 Å². The summed E-state index contributed by atoms with van der Waals surface area (Å²) >= 11 is 0. The second-order valence-corrected chi connectivity index (χ2v) is 4.53. The van der Waals surface area contributed by atoms with Crippen molar-refractivity contribution in [2.75, 3.05) is 13.7 Å². The third-order valence-corrected chi connectivity index (χ3v) is 3.41. The Hall–Kier alpha value is 0.0969. The number of hydrogen-bond donors (Lipinski definition) is 1. The van der Waals surface area contributed by atoms with E-state index in [1.54, 1.807) is 0 Å². The Kier molecular flexibility index (Phi) is 4.04. The Balaban J connectivity index is 3.62. The van der Waals surface area contributed by atoms with Crippen molar-refractivity contribution in [1.82, 2.24) is 0 Å². The molecule has 1 unspecified atom stereocenters. The quantitative estimate of drug-likeness (QED) is 0.597. The molecule has 0 rings (SSSR count). The summed E-state index contributed by atoms with van der Waals surface area (Å²) in [6.45, 7) is 4.21. The van der Waals surface area contributed by atoms with Gasteiger partial charge in [0.15, 0.2) is 0 Å². The van der Waals surface area contributed by atoms with E-state index in [2.05, 4.69) is 0 Å². The third kappa shape index (κ3) is 2.95. The van der Waals surface area contributed by atoms with Crippen LogP contribution in [0.3, 0.4) is 0 Å². The van der Waals surface area contributed by atoms with Crippen molar-refractivity contribution < 1.29 is 13.6 Å². The lowest BCUT2D eigenvalue weighted by molar-refractivity contribution is 0.129. The summed E-state index contributed by atoms with van der Waals surface area (Å²) in [4.78, 5) is 9.32. The van der Waals surface area contributed by atoms with E-state index in [0.29, 0.717) is 12.7 Å². The van der Waals surface area contributed by atoms with Crippen LogP contribution in [0.5, 0.6) is 0 Å². The zero-order chi connectivity index (χ0) is 7.33. The van der Waals surface area contributed by atoms with Crippen LogP contribution in [0, 0.1) is 0 Å². The lowest BCUT2D eigenvalue weighted by Crippen LogP contribution is -2.40. The van der Waals surface area contributed by atoms with E-state index in [1.165, 1.54) is 7.11 Å². The summed E-state index contributed by atoms with van der Waals surface area (Å²) in [6.07, 6.45) is 0. The minimum Gasteiger partial charge on any atom is -0.390 e. The maximum absolute atomic E-state index is 9.32. The average molecular weight is 150 g/mol. The summed E-state index contributed by atoms with van der Waals surface area (Å²) < 4.78 is 9.80. The largest absolute Gasteiger partial charge is 0.497 e. The summed E-state index contributed by atoms with van der Waals surface area (Å²) in [7, 11) is -1.22. The van der Waals surface area contributed by atoms with Crippen LogP contribution in [0.15, 0.2) is 0 Å². The first-order valence-corrected chi connectivity index (χ1v) is 5.07. The predicted octanol–water partition coefficient (Wildman–Crippen LogP) is 0.620. The topological polar surface area (TPSA) is 38.7 Å². The van der Waals surface area contributed by atoms with Gasteiger partial charge in [-0.15, -0.1) is 0 Å². The lowest BCUT2D eigenvalue weighted by atomic mass is 10.9. The molecular weight excluding hydrogens is 136 g/mol. The highest BCUT2D eigenvalue weighted by Crippen LogP contribution is 2.06. The molecule has 0 aromatic rings. The fourth-order valence-corrected chi connectivity index (χ4v) is 1.59. The van der Waals surface area contributed by atoms with Gasteiger partial charge in [0, 0.05) is 19.8 Å². The molecule has 0 aliphatic heterocycles. The Morgan fingerprint density at radius 1 is 1.44 bits per heavy atom. The van der Waals surface area contributed by atoms with Gasteiger partial charge in [-0.25, -0.2) is 0 Å². The van der Waals surface area contributed by atoms with E-state index >= 15 is 0 Å². The summed E-state index contributed by atoms with van der Waals surface area (Å²) in [5.74, 6) is 0. The third-order valence-electron chi connectivity index (χ3n) is 1.14. The Labute approximate surface area is 57.0 Å². The monoisotopic (exact) mass is 150 g/mol. The van der Waals surface area contributed by atoms with Crippen molar-refractivity contribution >= 4 is 8.80 Å². The van der Waals surface area contributed by atoms with Gasteiger partial charge in [-0.05, 0) is 6.92 Å². The van der Waals surface area contributed by atoms with Gasteiger partial charge in [0.25, 0.3) is 0 Å². The molecule has 0 saturated carbocycles. The fourth-order valence-electron chi connectivity index (χ4n) is 0.531. The van der Waals surface area contributed by atoms with Gasteiger partial charge >= 0.3 is 8.80 Å².